The van der Waals surface area contributed by atoms with Gasteiger partial charge < -0.3 is 5.32 Å². The van der Waals surface area contributed by atoms with Crippen molar-refractivity contribution in [3.63, 3.8) is 0 Å². The zero-order chi connectivity index (χ0) is 19.3. The maximum absolute atomic E-state index is 12.6. The van der Waals surface area contributed by atoms with E-state index >= 15 is 0 Å². The van der Waals surface area contributed by atoms with Gasteiger partial charge in [-0.25, -0.2) is 9.36 Å². The van der Waals surface area contributed by atoms with Gasteiger partial charge in [0.1, 0.15) is 6.33 Å². The first-order chi connectivity index (χ1) is 13.7. The van der Waals surface area contributed by atoms with Crippen LogP contribution in [0.3, 0.4) is 0 Å². The van der Waals surface area contributed by atoms with Crippen LogP contribution in [-0.2, 0) is 6.54 Å². The molecule has 1 aromatic heterocycles. The summed E-state index contributed by atoms with van der Waals surface area (Å²) in [6.45, 7) is 0.709. The Morgan fingerprint density at radius 3 is 2.18 bits per heavy atom. The van der Waals surface area contributed by atoms with Gasteiger partial charge in [-0.1, -0.05) is 48.5 Å². The van der Waals surface area contributed by atoms with Crippen LogP contribution in [0.15, 0.2) is 96.1 Å². The molecule has 0 atom stereocenters. The number of benzene rings is 3. The SMILES string of the molecule is O=C(c1ccccc1)n1cnn(-c2ccc(NCc3ccccc3)cc2)c1=O. The number of carbonyl (C=O) groups is 1. The summed E-state index contributed by atoms with van der Waals surface area (Å²) < 4.78 is 2.22. The molecule has 0 aliphatic heterocycles. The summed E-state index contributed by atoms with van der Waals surface area (Å²) in [5.41, 5.74) is 2.64. The van der Waals surface area contributed by atoms with Crippen molar-refractivity contribution >= 4 is 11.6 Å². The second-order valence-corrected chi connectivity index (χ2v) is 6.25. The predicted molar refractivity (Wildman–Crippen MR) is 108 cm³/mol. The molecule has 4 aromatic rings. The fourth-order valence-corrected chi connectivity index (χ4v) is 2.86. The minimum Gasteiger partial charge on any atom is -0.381 e. The highest BCUT2D eigenvalue weighted by Crippen LogP contribution is 2.13. The fourth-order valence-electron chi connectivity index (χ4n) is 2.86. The van der Waals surface area contributed by atoms with Crippen molar-refractivity contribution in [3.8, 4) is 5.69 Å². The largest absolute Gasteiger partial charge is 0.381 e. The number of rotatable bonds is 5. The van der Waals surface area contributed by atoms with Gasteiger partial charge in [0, 0.05) is 17.8 Å². The Balaban J connectivity index is 1.51. The third-order valence-corrected chi connectivity index (χ3v) is 4.36. The lowest BCUT2D eigenvalue weighted by atomic mass is 10.2. The van der Waals surface area contributed by atoms with Gasteiger partial charge in [-0.3, -0.25) is 4.79 Å². The first-order valence-corrected chi connectivity index (χ1v) is 8.87. The van der Waals surface area contributed by atoms with Crippen molar-refractivity contribution in [1.29, 1.82) is 0 Å². The highest BCUT2D eigenvalue weighted by Gasteiger charge is 2.14. The molecule has 0 bridgehead atoms. The Labute approximate surface area is 161 Å². The quantitative estimate of drug-likeness (QED) is 0.585. The summed E-state index contributed by atoms with van der Waals surface area (Å²) in [5, 5.41) is 7.41. The standard InChI is InChI=1S/C22H18N4O2/c27-21(18-9-5-2-6-10-18)25-16-24-26(22(25)28)20-13-11-19(12-14-20)23-15-17-7-3-1-4-8-17/h1-14,16,23H,15H2. The molecule has 0 fully saturated rings. The summed E-state index contributed by atoms with van der Waals surface area (Å²) >= 11 is 0. The third-order valence-electron chi connectivity index (χ3n) is 4.36. The monoisotopic (exact) mass is 370 g/mol. The Kier molecular flexibility index (Phi) is 4.84. The van der Waals surface area contributed by atoms with E-state index in [0.717, 1.165) is 10.3 Å². The van der Waals surface area contributed by atoms with E-state index in [9.17, 15) is 9.59 Å². The molecule has 1 heterocycles. The summed E-state index contributed by atoms with van der Waals surface area (Å²) in [7, 11) is 0. The zero-order valence-electron chi connectivity index (χ0n) is 15.0. The molecular formula is C22H18N4O2. The van der Waals surface area contributed by atoms with Crippen LogP contribution in [0, 0.1) is 0 Å². The number of aromatic nitrogens is 3. The summed E-state index contributed by atoms with van der Waals surface area (Å²) in [6.07, 6.45) is 1.25. The van der Waals surface area contributed by atoms with Gasteiger partial charge in [-0.2, -0.15) is 9.78 Å². The molecule has 0 amide bonds. The number of nitrogens with zero attached hydrogens (tertiary/aromatic N) is 3. The van der Waals surface area contributed by atoms with Crippen molar-refractivity contribution in [2.75, 3.05) is 5.32 Å². The van der Waals surface area contributed by atoms with Crippen LogP contribution in [0.4, 0.5) is 5.69 Å². The number of anilines is 1. The Morgan fingerprint density at radius 2 is 1.50 bits per heavy atom. The smallest absolute Gasteiger partial charge is 0.357 e. The lowest BCUT2D eigenvalue weighted by molar-refractivity contribution is 0.0955. The zero-order valence-corrected chi connectivity index (χ0v) is 15.0. The highest BCUT2D eigenvalue weighted by atomic mass is 16.2. The van der Waals surface area contributed by atoms with E-state index in [2.05, 4.69) is 22.5 Å². The molecule has 0 unspecified atom stereocenters. The third kappa shape index (κ3) is 3.61. The van der Waals surface area contributed by atoms with Crippen molar-refractivity contribution in [2.45, 2.75) is 6.54 Å². The first-order valence-electron chi connectivity index (χ1n) is 8.87. The summed E-state index contributed by atoms with van der Waals surface area (Å²) in [6, 6.07) is 26.1. The van der Waals surface area contributed by atoms with Gasteiger partial charge in [0.25, 0.3) is 5.91 Å². The van der Waals surface area contributed by atoms with Crippen molar-refractivity contribution < 1.29 is 4.79 Å². The van der Waals surface area contributed by atoms with E-state index in [1.165, 1.54) is 16.6 Å². The molecule has 28 heavy (non-hydrogen) atoms. The van der Waals surface area contributed by atoms with Crippen molar-refractivity contribution in [3.05, 3.63) is 113 Å². The van der Waals surface area contributed by atoms with E-state index < -0.39 is 11.6 Å². The molecule has 3 aromatic carbocycles. The molecule has 6 heteroatoms. The number of hydrogen-bond acceptors (Lipinski definition) is 4. The van der Waals surface area contributed by atoms with Gasteiger partial charge in [-0.15, -0.1) is 0 Å². The van der Waals surface area contributed by atoms with E-state index in [0.29, 0.717) is 17.8 Å². The van der Waals surface area contributed by atoms with Gasteiger partial charge in [-0.05, 0) is 42.0 Å². The maximum Gasteiger partial charge on any atom is 0.357 e. The number of nitrogens with one attached hydrogen (secondary N) is 1. The van der Waals surface area contributed by atoms with Crippen molar-refractivity contribution in [1.82, 2.24) is 14.3 Å². The highest BCUT2D eigenvalue weighted by molar-refractivity contribution is 5.95. The van der Waals surface area contributed by atoms with Crippen molar-refractivity contribution in [2.24, 2.45) is 0 Å². The van der Waals surface area contributed by atoms with E-state index in [-0.39, 0.29) is 0 Å². The molecule has 138 valence electrons. The average Bonchev–Trinajstić information content (AvgIpc) is 3.15. The molecule has 6 nitrogen and oxygen atoms in total. The molecule has 0 radical (unpaired) electrons. The topological polar surface area (TPSA) is 68.9 Å². The van der Waals surface area contributed by atoms with Crippen LogP contribution in [0.2, 0.25) is 0 Å². The second-order valence-electron chi connectivity index (χ2n) is 6.25. The molecule has 0 spiro atoms. The van der Waals surface area contributed by atoms with Gasteiger partial charge in [0.2, 0.25) is 0 Å². The number of carbonyl (C=O) groups excluding carboxylic acids is 1. The van der Waals surface area contributed by atoms with Crippen LogP contribution in [0.25, 0.3) is 5.69 Å². The van der Waals surface area contributed by atoms with Crippen LogP contribution < -0.4 is 11.0 Å². The molecule has 0 aliphatic rings. The Bertz CT molecular complexity index is 1130. The van der Waals surface area contributed by atoms with Crippen LogP contribution in [-0.4, -0.2) is 20.3 Å². The van der Waals surface area contributed by atoms with Crippen LogP contribution in [0.5, 0.6) is 0 Å². The van der Waals surface area contributed by atoms with Gasteiger partial charge in [0.15, 0.2) is 0 Å². The average molecular weight is 370 g/mol. The number of hydrogen-bond donors (Lipinski definition) is 1. The lowest BCUT2D eigenvalue weighted by Crippen LogP contribution is -2.28. The van der Waals surface area contributed by atoms with E-state index in [1.54, 1.807) is 36.4 Å². The molecule has 4 rings (SSSR count). The van der Waals surface area contributed by atoms with Gasteiger partial charge in [0.05, 0.1) is 5.69 Å². The molecule has 0 saturated carbocycles. The lowest BCUT2D eigenvalue weighted by Gasteiger charge is -2.07. The van der Waals surface area contributed by atoms with Crippen LogP contribution in [0.1, 0.15) is 15.9 Å². The summed E-state index contributed by atoms with van der Waals surface area (Å²) in [5.74, 6) is -0.405. The summed E-state index contributed by atoms with van der Waals surface area (Å²) in [4.78, 5) is 25.1. The maximum atomic E-state index is 12.6. The van der Waals surface area contributed by atoms with Gasteiger partial charge >= 0.3 is 5.69 Å². The normalized spacial score (nSPS) is 10.6. The second kappa shape index (κ2) is 7.75. The van der Waals surface area contributed by atoms with Crippen LogP contribution >= 0.6 is 0 Å². The molecule has 0 saturated heterocycles. The Morgan fingerprint density at radius 1 is 0.857 bits per heavy atom. The first kappa shape index (κ1) is 17.5. The fraction of sp³-hybridized carbons (Fsp3) is 0.0455. The molecular weight excluding hydrogens is 352 g/mol. The Hall–Kier alpha value is -3.93. The van der Waals surface area contributed by atoms with E-state index in [1.807, 2.05) is 36.4 Å². The molecule has 0 aliphatic carbocycles. The van der Waals surface area contributed by atoms with E-state index in [4.69, 9.17) is 0 Å². The minimum atomic E-state index is -0.501. The minimum absolute atomic E-state index is 0.405. The predicted octanol–water partition coefficient (Wildman–Crippen LogP) is 3.33. The molecule has 1 N–H and O–H groups in total.